The quantitative estimate of drug-likeness (QED) is 0.302. The van der Waals surface area contributed by atoms with E-state index in [4.69, 9.17) is 21.1 Å². The summed E-state index contributed by atoms with van der Waals surface area (Å²) in [5.74, 6) is 0.761. The van der Waals surface area contributed by atoms with Crippen LogP contribution >= 0.6 is 39.3 Å². The third-order valence-electron chi connectivity index (χ3n) is 4.93. The lowest BCUT2D eigenvalue weighted by Crippen LogP contribution is -2.27. The standard InChI is InChI=1S/C25H19BrClNO4S/c1-31-21-11-18(20(26)13-22(21)32-15-17-5-3-2-4-6-17)12-23-24(29)28(25(30)33-23)14-16-7-9-19(27)10-8-16/h2-13H,14-15H2,1H3/b23-12-. The van der Waals surface area contributed by atoms with Gasteiger partial charge in [0.2, 0.25) is 0 Å². The minimum Gasteiger partial charge on any atom is -0.493 e. The van der Waals surface area contributed by atoms with Crippen LogP contribution in [0.5, 0.6) is 11.5 Å². The number of methoxy groups -OCH3 is 1. The van der Waals surface area contributed by atoms with Gasteiger partial charge in [-0.25, -0.2) is 0 Å². The van der Waals surface area contributed by atoms with Gasteiger partial charge in [-0.15, -0.1) is 0 Å². The fraction of sp³-hybridized carbons (Fsp3) is 0.120. The second-order valence-corrected chi connectivity index (χ2v) is 9.48. The normalized spacial score (nSPS) is 14.8. The highest BCUT2D eigenvalue weighted by molar-refractivity contribution is 9.10. The first-order chi connectivity index (χ1) is 15.9. The van der Waals surface area contributed by atoms with Crippen molar-refractivity contribution in [3.63, 3.8) is 0 Å². The van der Waals surface area contributed by atoms with Crippen molar-refractivity contribution in [2.45, 2.75) is 13.2 Å². The minimum absolute atomic E-state index is 0.190. The molecule has 0 spiro atoms. The maximum atomic E-state index is 12.9. The van der Waals surface area contributed by atoms with Crippen LogP contribution in [-0.2, 0) is 17.9 Å². The van der Waals surface area contributed by atoms with E-state index in [9.17, 15) is 9.59 Å². The second kappa shape index (κ2) is 10.5. The number of amides is 2. The van der Waals surface area contributed by atoms with Gasteiger partial charge < -0.3 is 9.47 Å². The molecule has 0 bridgehead atoms. The van der Waals surface area contributed by atoms with Crippen molar-refractivity contribution in [2.75, 3.05) is 7.11 Å². The topological polar surface area (TPSA) is 55.8 Å². The number of halogens is 2. The molecule has 2 amide bonds. The lowest BCUT2D eigenvalue weighted by atomic mass is 10.1. The molecule has 5 nitrogen and oxygen atoms in total. The Bertz CT molecular complexity index is 1220. The van der Waals surface area contributed by atoms with Crippen LogP contribution in [0.4, 0.5) is 4.79 Å². The van der Waals surface area contributed by atoms with Crippen LogP contribution in [0.15, 0.2) is 76.1 Å². The molecule has 0 radical (unpaired) electrons. The number of carbonyl (C=O) groups excluding carboxylic acids is 2. The molecule has 168 valence electrons. The van der Waals surface area contributed by atoms with Crippen LogP contribution in [-0.4, -0.2) is 23.2 Å². The monoisotopic (exact) mass is 543 g/mol. The van der Waals surface area contributed by atoms with E-state index >= 15 is 0 Å². The number of hydrogen-bond donors (Lipinski definition) is 0. The summed E-state index contributed by atoms with van der Waals surface area (Å²) in [6.45, 7) is 0.586. The van der Waals surface area contributed by atoms with Crippen molar-refractivity contribution < 1.29 is 19.1 Å². The van der Waals surface area contributed by atoms with E-state index < -0.39 is 0 Å². The molecule has 3 aromatic carbocycles. The molecular weight excluding hydrogens is 526 g/mol. The Balaban J connectivity index is 1.53. The summed E-state index contributed by atoms with van der Waals surface area (Å²) in [5, 5.41) is 0.287. The van der Waals surface area contributed by atoms with Crippen LogP contribution in [0.3, 0.4) is 0 Å². The third-order valence-corrected chi connectivity index (χ3v) is 6.78. The van der Waals surface area contributed by atoms with Gasteiger partial charge in [0.05, 0.1) is 18.6 Å². The lowest BCUT2D eigenvalue weighted by molar-refractivity contribution is -0.123. The van der Waals surface area contributed by atoms with Gasteiger partial charge in [0.15, 0.2) is 11.5 Å². The van der Waals surface area contributed by atoms with Gasteiger partial charge in [-0.2, -0.15) is 0 Å². The molecule has 0 saturated carbocycles. The summed E-state index contributed by atoms with van der Waals surface area (Å²) in [6, 6.07) is 20.5. The SMILES string of the molecule is COc1cc(/C=C2\SC(=O)N(Cc3ccc(Cl)cc3)C2=O)c(Br)cc1OCc1ccccc1. The van der Waals surface area contributed by atoms with Gasteiger partial charge in [-0.05, 0) is 58.8 Å². The van der Waals surface area contributed by atoms with E-state index in [0.717, 1.165) is 27.4 Å². The van der Waals surface area contributed by atoms with Crippen molar-refractivity contribution >= 4 is 56.5 Å². The Morgan fingerprint density at radius 2 is 1.73 bits per heavy atom. The molecule has 1 aliphatic heterocycles. The molecule has 0 aromatic heterocycles. The maximum Gasteiger partial charge on any atom is 0.293 e. The van der Waals surface area contributed by atoms with E-state index in [0.29, 0.717) is 33.6 Å². The molecule has 1 fully saturated rings. The number of carbonyl (C=O) groups is 2. The Morgan fingerprint density at radius 1 is 1.00 bits per heavy atom. The average molecular weight is 545 g/mol. The van der Waals surface area contributed by atoms with Crippen molar-refractivity contribution in [3.05, 3.63) is 97.8 Å². The fourth-order valence-electron chi connectivity index (χ4n) is 3.22. The molecule has 0 atom stereocenters. The number of ether oxygens (including phenoxy) is 2. The summed E-state index contributed by atoms with van der Waals surface area (Å²) in [6.07, 6.45) is 1.68. The zero-order valence-electron chi connectivity index (χ0n) is 17.6. The lowest BCUT2D eigenvalue weighted by Gasteiger charge is -2.13. The summed E-state index contributed by atoms with van der Waals surface area (Å²) in [4.78, 5) is 27.0. The number of imide groups is 1. The predicted molar refractivity (Wildman–Crippen MR) is 134 cm³/mol. The van der Waals surface area contributed by atoms with E-state index in [1.54, 1.807) is 49.6 Å². The smallest absolute Gasteiger partial charge is 0.293 e. The molecule has 1 saturated heterocycles. The average Bonchev–Trinajstić information content (AvgIpc) is 3.08. The Hall–Kier alpha value is -2.74. The number of thioether (sulfide) groups is 1. The second-order valence-electron chi connectivity index (χ2n) is 7.19. The van der Waals surface area contributed by atoms with Crippen molar-refractivity contribution in [3.8, 4) is 11.5 Å². The Morgan fingerprint density at radius 3 is 2.42 bits per heavy atom. The van der Waals surface area contributed by atoms with Crippen LogP contribution < -0.4 is 9.47 Å². The Labute approximate surface area is 209 Å². The van der Waals surface area contributed by atoms with E-state index in [1.165, 1.54) is 4.90 Å². The van der Waals surface area contributed by atoms with Gasteiger partial charge in [-0.3, -0.25) is 14.5 Å². The van der Waals surface area contributed by atoms with Gasteiger partial charge in [0.1, 0.15) is 6.61 Å². The van der Waals surface area contributed by atoms with Crippen LogP contribution in [0.1, 0.15) is 16.7 Å². The highest BCUT2D eigenvalue weighted by Crippen LogP contribution is 2.38. The molecule has 33 heavy (non-hydrogen) atoms. The number of benzene rings is 3. The summed E-state index contributed by atoms with van der Waals surface area (Å²) >= 11 is 10.4. The molecule has 0 unspecified atom stereocenters. The Kier molecular flexibility index (Phi) is 7.42. The predicted octanol–water partition coefficient (Wildman–Crippen LogP) is 6.93. The molecule has 1 heterocycles. The summed E-state index contributed by atoms with van der Waals surface area (Å²) < 4.78 is 12.1. The van der Waals surface area contributed by atoms with Crippen molar-refractivity contribution in [2.24, 2.45) is 0 Å². The van der Waals surface area contributed by atoms with Gasteiger partial charge in [0.25, 0.3) is 11.1 Å². The van der Waals surface area contributed by atoms with E-state index in [1.807, 2.05) is 30.3 Å². The third kappa shape index (κ3) is 5.61. The summed E-state index contributed by atoms with van der Waals surface area (Å²) in [7, 11) is 1.56. The first-order valence-corrected chi connectivity index (χ1v) is 12.0. The van der Waals surface area contributed by atoms with Gasteiger partial charge >= 0.3 is 0 Å². The van der Waals surface area contributed by atoms with Crippen LogP contribution in [0, 0.1) is 0 Å². The molecule has 0 aliphatic carbocycles. The van der Waals surface area contributed by atoms with Crippen molar-refractivity contribution in [1.82, 2.24) is 4.90 Å². The zero-order valence-corrected chi connectivity index (χ0v) is 20.7. The largest absolute Gasteiger partial charge is 0.493 e. The number of nitrogens with zero attached hydrogens (tertiary/aromatic N) is 1. The molecular formula is C25H19BrClNO4S. The minimum atomic E-state index is -0.338. The van der Waals surface area contributed by atoms with Crippen LogP contribution in [0.2, 0.25) is 5.02 Å². The number of hydrogen-bond acceptors (Lipinski definition) is 5. The maximum absolute atomic E-state index is 12.9. The zero-order chi connectivity index (χ0) is 23.4. The first-order valence-electron chi connectivity index (χ1n) is 9.98. The highest BCUT2D eigenvalue weighted by Gasteiger charge is 2.35. The molecule has 8 heteroatoms. The van der Waals surface area contributed by atoms with E-state index in [-0.39, 0.29) is 17.7 Å². The van der Waals surface area contributed by atoms with Crippen LogP contribution in [0.25, 0.3) is 6.08 Å². The van der Waals surface area contributed by atoms with Gasteiger partial charge in [0, 0.05) is 9.50 Å². The summed E-state index contributed by atoms with van der Waals surface area (Å²) in [5.41, 5.74) is 2.57. The molecule has 4 rings (SSSR count). The fourth-order valence-corrected chi connectivity index (χ4v) is 4.61. The molecule has 0 N–H and O–H groups in total. The molecule has 1 aliphatic rings. The van der Waals surface area contributed by atoms with Gasteiger partial charge in [-0.1, -0.05) is 70.0 Å². The van der Waals surface area contributed by atoms with Crippen molar-refractivity contribution in [1.29, 1.82) is 0 Å². The van der Waals surface area contributed by atoms with E-state index in [2.05, 4.69) is 15.9 Å². The number of rotatable bonds is 7. The highest BCUT2D eigenvalue weighted by atomic mass is 79.9. The molecule has 3 aromatic rings. The first kappa shape index (κ1) is 23.4.